The van der Waals surface area contributed by atoms with Gasteiger partial charge in [-0.25, -0.2) is 8.42 Å². The van der Waals surface area contributed by atoms with Crippen molar-refractivity contribution < 1.29 is 21.6 Å². The van der Waals surface area contributed by atoms with E-state index in [9.17, 15) is 21.6 Å². The van der Waals surface area contributed by atoms with Gasteiger partial charge in [0.25, 0.3) is 0 Å². The molecule has 2 rings (SSSR count). The number of rotatable bonds is 6. The number of alkyl halides is 3. The molecule has 1 aromatic carbocycles. The van der Waals surface area contributed by atoms with E-state index < -0.39 is 26.7 Å². The summed E-state index contributed by atoms with van der Waals surface area (Å²) in [4.78, 5) is -0.573. The molecule has 0 N–H and O–H groups in total. The van der Waals surface area contributed by atoms with Crippen LogP contribution >= 0.6 is 11.6 Å². The van der Waals surface area contributed by atoms with Crippen LogP contribution in [0.4, 0.5) is 13.2 Å². The van der Waals surface area contributed by atoms with Gasteiger partial charge in [0.1, 0.15) is 4.90 Å². The van der Waals surface area contributed by atoms with Crippen LogP contribution < -0.4 is 0 Å². The van der Waals surface area contributed by atoms with Crippen molar-refractivity contribution in [2.75, 3.05) is 13.1 Å². The van der Waals surface area contributed by atoms with Crippen molar-refractivity contribution in [3.05, 3.63) is 28.8 Å². The number of nitriles is 1. The fourth-order valence-corrected chi connectivity index (χ4v) is 4.48. The number of nitrogens with zero attached hydrogens (tertiary/aromatic N) is 2. The predicted octanol–water partition coefficient (Wildman–Crippen LogP) is 4.06. The summed E-state index contributed by atoms with van der Waals surface area (Å²) in [6.07, 6.45) is -1.96. The highest BCUT2D eigenvalue weighted by Gasteiger charge is 2.35. The molecular weight excluding hydrogens is 365 g/mol. The summed E-state index contributed by atoms with van der Waals surface area (Å²) < 4.78 is 65.2. The van der Waals surface area contributed by atoms with Crippen LogP contribution in [0.1, 0.15) is 31.2 Å². The first kappa shape index (κ1) is 19.0. The molecular formula is C15H16ClF3N2O2S. The third-order valence-electron chi connectivity index (χ3n) is 4.04. The van der Waals surface area contributed by atoms with Crippen LogP contribution in [0.15, 0.2) is 23.1 Å². The van der Waals surface area contributed by atoms with Gasteiger partial charge in [0.15, 0.2) is 0 Å². The quantitative estimate of drug-likeness (QED) is 0.747. The van der Waals surface area contributed by atoms with Gasteiger partial charge in [-0.05, 0) is 37.0 Å². The Morgan fingerprint density at radius 3 is 2.50 bits per heavy atom. The zero-order valence-electron chi connectivity index (χ0n) is 12.7. The van der Waals surface area contributed by atoms with Crippen molar-refractivity contribution in [1.29, 1.82) is 5.26 Å². The Balaban J connectivity index is 2.39. The highest BCUT2D eigenvalue weighted by Crippen LogP contribution is 2.35. The number of benzene rings is 1. The molecule has 0 atom stereocenters. The standard InChI is InChI=1S/C15H16ClF3N2O2S/c16-13-6-5-12(15(17,18)19)9-14(13)24(22,23)21(8-2-7-20)10-11-3-1-4-11/h5-6,9,11H,1-4,8,10H2. The topological polar surface area (TPSA) is 61.2 Å². The third kappa shape index (κ3) is 4.21. The van der Waals surface area contributed by atoms with Crippen molar-refractivity contribution >= 4 is 21.6 Å². The summed E-state index contributed by atoms with van der Waals surface area (Å²) in [5, 5.41) is 8.45. The van der Waals surface area contributed by atoms with Gasteiger partial charge < -0.3 is 0 Å². The van der Waals surface area contributed by atoms with Gasteiger partial charge in [-0.3, -0.25) is 0 Å². The second kappa shape index (κ2) is 7.30. The van der Waals surface area contributed by atoms with E-state index in [2.05, 4.69) is 0 Å². The van der Waals surface area contributed by atoms with E-state index in [0.29, 0.717) is 6.07 Å². The van der Waals surface area contributed by atoms with Crippen LogP contribution in [0.3, 0.4) is 0 Å². The highest BCUT2D eigenvalue weighted by atomic mass is 35.5. The molecule has 0 radical (unpaired) electrons. The molecule has 0 unspecified atom stereocenters. The van der Waals surface area contributed by atoms with Gasteiger partial charge in [0, 0.05) is 19.5 Å². The largest absolute Gasteiger partial charge is 0.416 e. The molecule has 0 amide bonds. The first-order valence-electron chi connectivity index (χ1n) is 7.40. The zero-order chi connectivity index (χ0) is 18.0. The summed E-state index contributed by atoms with van der Waals surface area (Å²) >= 11 is 5.86. The van der Waals surface area contributed by atoms with Gasteiger partial charge in [0.05, 0.1) is 16.7 Å². The minimum atomic E-state index is -4.67. The highest BCUT2D eigenvalue weighted by molar-refractivity contribution is 7.89. The first-order chi connectivity index (χ1) is 11.2. The van der Waals surface area contributed by atoms with E-state index in [0.717, 1.165) is 35.7 Å². The van der Waals surface area contributed by atoms with Crippen LogP contribution in [0.5, 0.6) is 0 Å². The average Bonchev–Trinajstić information content (AvgIpc) is 2.44. The first-order valence-corrected chi connectivity index (χ1v) is 9.22. The fourth-order valence-electron chi connectivity index (χ4n) is 2.46. The van der Waals surface area contributed by atoms with E-state index in [4.69, 9.17) is 16.9 Å². The molecule has 1 aliphatic rings. The average molecular weight is 381 g/mol. The molecule has 1 saturated carbocycles. The maximum Gasteiger partial charge on any atom is 0.416 e. The molecule has 0 aromatic heterocycles. The van der Waals surface area contributed by atoms with Gasteiger partial charge in [0.2, 0.25) is 10.0 Å². The van der Waals surface area contributed by atoms with E-state index in [1.807, 2.05) is 6.07 Å². The van der Waals surface area contributed by atoms with Crippen LogP contribution in [0, 0.1) is 17.2 Å². The van der Waals surface area contributed by atoms with E-state index >= 15 is 0 Å². The van der Waals surface area contributed by atoms with Crippen LogP contribution in [0.2, 0.25) is 5.02 Å². The Morgan fingerprint density at radius 1 is 1.33 bits per heavy atom. The normalized spacial score (nSPS) is 16.0. The predicted molar refractivity (Wildman–Crippen MR) is 82.8 cm³/mol. The molecule has 1 aromatic rings. The molecule has 0 saturated heterocycles. The molecule has 0 aliphatic heterocycles. The number of hydrogen-bond acceptors (Lipinski definition) is 3. The number of hydrogen-bond donors (Lipinski definition) is 0. The molecule has 24 heavy (non-hydrogen) atoms. The molecule has 1 aliphatic carbocycles. The maximum atomic E-state index is 12.9. The van der Waals surface area contributed by atoms with E-state index in [1.54, 1.807) is 0 Å². The van der Waals surface area contributed by atoms with Crippen LogP contribution in [-0.4, -0.2) is 25.8 Å². The van der Waals surface area contributed by atoms with Crippen molar-refractivity contribution in [1.82, 2.24) is 4.31 Å². The Labute approximate surface area is 143 Å². The molecule has 0 bridgehead atoms. The second-order valence-electron chi connectivity index (χ2n) is 5.71. The zero-order valence-corrected chi connectivity index (χ0v) is 14.3. The lowest BCUT2D eigenvalue weighted by Gasteiger charge is -2.31. The Hall–Kier alpha value is -1.30. The molecule has 4 nitrogen and oxygen atoms in total. The van der Waals surface area contributed by atoms with Crippen LogP contribution in [-0.2, 0) is 16.2 Å². The maximum absolute atomic E-state index is 12.9. The third-order valence-corrected chi connectivity index (χ3v) is 6.38. The summed E-state index contributed by atoms with van der Waals surface area (Å²) in [5.74, 6) is 0.169. The monoisotopic (exact) mass is 380 g/mol. The summed E-state index contributed by atoms with van der Waals surface area (Å²) in [5.41, 5.74) is -1.07. The van der Waals surface area contributed by atoms with E-state index in [1.165, 1.54) is 0 Å². The smallest absolute Gasteiger partial charge is 0.207 e. The second-order valence-corrected chi connectivity index (χ2v) is 8.02. The fraction of sp³-hybridized carbons (Fsp3) is 0.533. The molecule has 0 heterocycles. The Morgan fingerprint density at radius 2 is 2.00 bits per heavy atom. The molecule has 1 fully saturated rings. The number of sulfonamides is 1. The van der Waals surface area contributed by atoms with Crippen molar-refractivity contribution in [2.45, 2.75) is 36.8 Å². The molecule has 9 heteroatoms. The Kier molecular flexibility index (Phi) is 5.78. The van der Waals surface area contributed by atoms with Crippen molar-refractivity contribution in [3.8, 4) is 6.07 Å². The van der Waals surface area contributed by atoms with Gasteiger partial charge in [-0.2, -0.15) is 22.7 Å². The number of halogens is 4. The molecule has 0 spiro atoms. The lowest BCUT2D eigenvalue weighted by molar-refractivity contribution is -0.137. The van der Waals surface area contributed by atoms with E-state index in [-0.39, 0.29) is 30.5 Å². The molecule has 132 valence electrons. The summed E-state index contributed by atoms with van der Waals surface area (Å²) in [7, 11) is -4.21. The minimum absolute atomic E-state index is 0.0392. The van der Waals surface area contributed by atoms with Crippen LogP contribution in [0.25, 0.3) is 0 Å². The lowest BCUT2D eigenvalue weighted by Crippen LogP contribution is -2.38. The van der Waals surface area contributed by atoms with Gasteiger partial charge in [-0.15, -0.1) is 0 Å². The summed E-state index contributed by atoms with van der Waals surface area (Å²) in [6, 6.07) is 4.09. The van der Waals surface area contributed by atoms with Crippen molar-refractivity contribution in [3.63, 3.8) is 0 Å². The van der Waals surface area contributed by atoms with Gasteiger partial charge >= 0.3 is 6.18 Å². The SMILES string of the molecule is N#CCCN(CC1CCC1)S(=O)(=O)c1cc(C(F)(F)F)ccc1Cl. The summed E-state index contributed by atoms with van der Waals surface area (Å²) in [6.45, 7) is 0.124. The van der Waals surface area contributed by atoms with Crippen molar-refractivity contribution in [2.24, 2.45) is 5.92 Å². The Bertz CT molecular complexity index is 740. The lowest BCUT2D eigenvalue weighted by atomic mass is 9.85. The minimum Gasteiger partial charge on any atom is -0.207 e. The van der Waals surface area contributed by atoms with Gasteiger partial charge in [-0.1, -0.05) is 18.0 Å².